The molecule has 1 aliphatic carbocycles. The topological polar surface area (TPSA) is 136 Å². The van der Waals surface area contributed by atoms with E-state index in [1.165, 1.54) is 4.31 Å². The van der Waals surface area contributed by atoms with Crippen molar-refractivity contribution in [3.63, 3.8) is 0 Å². The molecule has 2 atom stereocenters. The van der Waals surface area contributed by atoms with Crippen LogP contribution in [0, 0.1) is 5.92 Å². The highest BCUT2D eigenvalue weighted by molar-refractivity contribution is 7.91. The van der Waals surface area contributed by atoms with Crippen LogP contribution in [0.5, 0.6) is 0 Å². The van der Waals surface area contributed by atoms with Crippen LogP contribution in [0.25, 0.3) is 0 Å². The Hall–Kier alpha value is -2.01. The summed E-state index contributed by atoms with van der Waals surface area (Å²) < 4.78 is 27.4. The number of carbonyl (C=O) groups is 2. The van der Waals surface area contributed by atoms with E-state index < -0.39 is 20.7 Å². The minimum atomic E-state index is -4.09. The summed E-state index contributed by atoms with van der Waals surface area (Å²) in [5.41, 5.74) is 2.94. The van der Waals surface area contributed by atoms with Crippen molar-refractivity contribution in [3.05, 3.63) is 29.8 Å². The summed E-state index contributed by atoms with van der Waals surface area (Å²) in [6.07, 6.45) is 4.87. The molecule has 10 heteroatoms. The predicted molar refractivity (Wildman–Crippen MR) is 127 cm³/mol. The number of sulfonamides is 1. The van der Waals surface area contributed by atoms with E-state index in [4.69, 9.17) is 0 Å². The molecule has 33 heavy (non-hydrogen) atoms. The number of nitrogens with zero attached hydrogens (tertiary/aromatic N) is 1. The van der Waals surface area contributed by atoms with Gasteiger partial charge in [-0.25, -0.2) is 13.9 Å². The van der Waals surface area contributed by atoms with Gasteiger partial charge in [-0.1, -0.05) is 26.2 Å². The van der Waals surface area contributed by atoms with E-state index in [1.54, 1.807) is 29.7 Å². The average molecular weight is 484 g/mol. The maximum Gasteiger partial charge on any atom is 0.266 e. The Bertz CT molecular complexity index is 861. The number of hydrogen-bond donors (Lipinski definition) is 4. The van der Waals surface area contributed by atoms with Gasteiger partial charge in [0.25, 0.3) is 5.91 Å². The van der Waals surface area contributed by atoms with E-state index in [1.807, 2.05) is 6.92 Å². The van der Waals surface area contributed by atoms with Gasteiger partial charge in [0.2, 0.25) is 10.0 Å². The zero-order valence-electron chi connectivity index (χ0n) is 19.3. The van der Waals surface area contributed by atoms with Gasteiger partial charge in [0.1, 0.15) is 6.29 Å². The molecule has 0 aromatic heterocycles. The molecule has 0 heterocycles. The maximum atomic E-state index is 13.9. The summed E-state index contributed by atoms with van der Waals surface area (Å²) in [6.45, 7) is 2.64. The molecule has 4 N–H and O–H groups in total. The normalized spacial score (nSPS) is 21.8. The molecule has 2 rings (SSSR count). The second kappa shape index (κ2) is 13.0. The Morgan fingerprint density at radius 1 is 1.18 bits per heavy atom. The molecule has 186 valence electrons. The fourth-order valence-corrected chi connectivity index (χ4v) is 6.89. The molecule has 9 nitrogen and oxygen atoms in total. The third kappa shape index (κ3) is 6.75. The molecule has 1 aromatic carbocycles. The number of nitrogens with one attached hydrogen (secondary N) is 2. The van der Waals surface area contributed by atoms with Crippen molar-refractivity contribution in [2.75, 3.05) is 31.6 Å². The van der Waals surface area contributed by atoms with Crippen molar-refractivity contribution in [2.45, 2.75) is 63.0 Å². The first kappa shape index (κ1) is 27.2. The Kier molecular flexibility index (Phi) is 10.7. The molecular weight excluding hydrogens is 446 g/mol. The van der Waals surface area contributed by atoms with E-state index in [-0.39, 0.29) is 38.5 Å². The summed E-state index contributed by atoms with van der Waals surface area (Å²) in [5, 5.41) is 22.0. The lowest BCUT2D eigenvalue weighted by atomic mass is 9.83. The van der Waals surface area contributed by atoms with Gasteiger partial charge in [-0.05, 0) is 62.3 Å². The number of hydrogen-bond acceptors (Lipinski definition) is 7. The summed E-state index contributed by atoms with van der Waals surface area (Å²) in [4.78, 5) is 23.7. The smallest absolute Gasteiger partial charge is 0.266 e. The van der Waals surface area contributed by atoms with Crippen LogP contribution in [0.1, 0.15) is 68.6 Å². The molecular formula is C23H37N3O6S. The fourth-order valence-electron chi connectivity index (χ4n) is 4.58. The van der Waals surface area contributed by atoms with Crippen molar-refractivity contribution in [1.82, 2.24) is 9.79 Å². The van der Waals surface area contributed by atoms with Gasteiger partial charge in [-0.2, -0.15) is 4.31 Å². The predicted octanol–water partition coefficient (Wildman–Crippen LogP) is 2.55. The highest BCUT2D eigenvalue weighted by Gasteiger charge is 2.52. The highest BCUT2D eigenvalue weighted by atomic mass is 32.2. The highest BCUT2D eigenvalue weighted by Crippen LogP contribution is 2.38. The molecule has 0 saturated heterocycles. The third-order valence-corrected chi connectivity index (χ3v) is 9.12. The summed E-state index contributed by atoms with van der Waals surface area (Å²) in [6, 6.07) is 6.85. The molecule has 0 bridgehead atoms. The zero-order valence-corrected chi connectivity index (χ0v) is 20.1. The zero-order chi connectivity index (χ0) is 24.3. The minimum absolute atomic E-state index is 0.0259. The minimum Gasteiger partial charge on any atom is -0.396 e. The lowest BCUT2D eigenvalue weighted by Gasteiger charge is -2.38. The Morgan fingerprint density at radius 2 is 1.91 bits per heavy atom. The van der Waals surface area contributed by atoms with Crippen molar-refractivity contribution in [2.24, 2.45) is 5.92 Å². The van der Waals surface area contributed by atoms with Crippen LogP contribution in [-0.2, 0) is 14.8 Å². The van der Waals surface area contributed by atoms with E-state index >= 15 is 0 Å². The standard InChI is InChI=1S/C23H37N3O6S/c1-2-15-26(16-14-24-21-8-6-20(18-28)7-9-21)33(31,32)23(22(29)25-30)12-4-3-5-19(10-13-23)11-17-27/h6-9,18-19,24,27,30H,2-5,10-17H2,1H3,(H,25,29). The quantitative estimate of drug-likeness (QED) is 0.204. The van der Waals surface area contributed by atoms with Gasteiger partial charge in [0.15, 0.2) is 4.75 Å². The van der Waals surface area contributed by atoms with Gasteiger partial charge in [-0.3, -0.25) is 14.8 Å². The van der Waals surface area contributed by atoms with Crippen LogP contribution in [0.15, 0.2) is 24.3 Å². The van der Waals surface area contributed by atoms with Crippen LogP contribution >= 0.6 is 0 Å². The van der Waals surface area contributed by atoms with Crippen LogP contribution in [-0.4, -0.2) is 66.2 Å². The van der Waals surface area contributed by atoms with Gasteiger partial charge in [-0.15, -0.1) is 0 Å². The molecule has 1 amide bonds. The number of aldehydes is 1. The monoisotopic (exact) mass is 483 g/mol. The lowest BCUT2D eigenvalue weighted by Crippen LogP contribution is -2.58. The van der Waals surface area contributed by atoms with E-state index in [0.29, 0.717) is 37.8 Å². The number of aliphatic hydroxyl groups is 1. The molecule has 1 aliphatic rings. The number of carbonyl (C=O) groups excluding carboxylic acids is 2. The van der Waals surface area contributed by atoms with Crippen molar-refractivity contribution < 1.29 is 28.3 Å². The lowest BCUT2D eigenvalue weighted by molar-refractivity contribution is -0.132. The summed E-state index contributed by atoms with van der Waals surface area (Å²) in [5.74, 6) is -0.738. The number of anilines is 1. The first-order valence-corrected chi connectivity index (χ1v) is 13.1. The van der Waals surface area contributed by atoms with Gasteiger partial charge >= 0.3 is 0 Å². The van der Waals surface area contributed by atoms with Crippen molar-refractivity contribution in [3.8, 4) is 0 Å². The van der Waals surface area contributed by atoms with E-state index in [2.05, 4.69) is 5.32 Å². The molecule has 0 spiro atoms. The largest absolute Gasteiger partial charge is 0.396 e. The molecule has 2 unspecified atom stereocenters. The number of rotatable bonds is 12. The summed E-state index contributed by atoms with van der Waals surface area (Å²) in [7, 11) is -4.09. The average Bonchev–Trinajstić information content (AvgIpc) is 2.80. The molecule has 1 aromatic rings. The van der Waals surface area contributed by atoms with Gasteiger partial charge in [0, 0.05) is 37.5 Å². The van der Waals surface area contributed by atoms with Crippen LogP contribution < -0.4 is 10.8 Å². The van der Waals surface area contributed by atoms with Crippen LogP contribution in [0.4, 0.5) is 5.69 Å². The maximum absolute atomic E-state index is 13.9. The first-order chi connectivity index (χ1) is 15.8. The Balaban J connectivity index is 2.23. The third-order valence-electron chi connectivity index (χ3n) is 6.50. The number of aliphatic hydroxyl groups excluding tert-OH is 1. The Labute approximate surface area is 196 Å². The fraction of sp³-hybridized carbons (Fsp3) is 0.652. The van der Waals surface area contributed by atoms with E-state index in [9.17, 15) is 28.3 Å². The van der Waals surface area contributed by atoms with Gasteiger partial charge in [0.05, 0.1) is 0 Å². The van der Waals surface area contributed by atoms with Crippen molar-refractivity contribution in [1.29, 1.82) is 0 Å². The molecule has 1 fully saturated rings. The molecule has 0 aliphatic heterocycles. The second-order valence-corrected chi connectivity index (χ2v) is 10.9. The van der Waals surface area contributed by atoms with E-state index in [0.717, 1.165) is 24.8 Å². The van der Waals surface area contributed by atoms with Crippen molar-refractivity contribution >= 4 is 27.9 Å². The molecule has 1 saturated carbocycles. The number of amides is 1. The Morgan fingerprint density at radius 3 is 2.52 bits per heavy atom. The number of benzene rings is 1. The van der Waals surface area contributed by atoms with Gasteiger partial charge < -0.3 is 10.4 Å². The SMILES string of the molecule is CCCN(CCNc1ccc(C=O)cc1)S(=O)(=O)C1(C(=O)NO)CCCCC(CCO)CC1. The molecule has 0 radical (unpaired) electrons. The first-order valence-electron chi connectivity index (χ1n) is 11.7. The van der Waals surface area contributed by atoms with Crippen LogP contribution in [0.2, 0.25) is 0 Å². The van der Waals surface area contributed by atoms with Crippen LogP contribution in [0.3, 0.4) is 0 Å². The second-order valence-electron chi connectivity index (χ2n) is 8.67. The summed E-state index contributed by atoms with van der Waals surface area (Å²) >= 11 is 0. The number of hydroxylamine groups is 1.